The Morgan fingerprint density at radius 2 is 1.40 bits per heavy atom. The van der Waals surface area contributed by atoms with Gasteiger partial charge in [0.05, 0.1) is 38.6 Å². The van der Waals surface area contributed by atoms with E-state index in [0.29, 0.717) is 5.56 Å². The summed E-state index contributed by atoms with van der Waals surface area (Å²) in [6.07, 6.45) is 5.99. The summed E-state index contributed by atoms with van der Waals surface area (Å²) in [5, 5.41) is 16.5. The van der Waals surface area contributed by atoms with Crippen LogP contribution < -0.4 is 0 Å². The van der Waals surface area contributed by atoms with Gasteiger partial charge in [-0.1, -0.05) is 97.6 Å². The molecule has 0 aliphatic carbocycles. The predicted molar refractivity (Wildman–Crippen MR) is 205 cm³/mol. The fourth-order valence-corrected chi connectivity index (χ4v) is 8.66. The largest absolute Gasteiger partial charge is 0.309 e. The van der Waals surface area contributed by atoms with Crippen molar-refractivity contribution >= 4 is 70.3 Å². The van der Waals surface area contributed by atoms with Gasteiger partial charge in [-0.05, 0) is 72.7 Å². The van der Waals surface area contributed by atoms with Crippen molar-refractivity contribution in [2.75, 3.05) is 0 Å². The molecule has 0 bridgehead atoms. The van der Waals surface area contributed by atoms with Gasteiger partial charge in [-0.3, -0.25) is 0 Å². The zero-order valence-corrected chi connectivity index (χ0v) is 27.1. The number of nitriles is 1. The maximum atomic E-state index is 10.4. The van der Waals surface area contributed by atoms with E-state index < -0.39 is 0 Å². The molecule has 0 aliphatic rings. The molecule has 0 saturated heterocycles. The van der Waals surface area contributed by atoms with Crippen LogP contribution in [-0.2, 0) is 0 Å². The highest BCUT2D eigenvalue weighted by Gasteiger charge is 2.21. The molecule has 0 atom stereocenters. The molecular formula is C44H29N3S. The summed E-state index contributed by atoms with van der Waals surface area (Å²) in [6, 6.07) is 47.5. The molecular weight excluding hydrogens is 603 g/mol. The molecule has 0 aliphatic heterocycles. The molecule has 226 valence electrons. The number of hydrogen-bond donors (Lipinski definition) is 0. The van der Waals surface area contributed by atoms with Gasteiger partial charge in [0.2, 0.25) is 0 Å². The molecule has 0 saturated carbocycles. The smallest absolute Gasteiger partial charge is 0.0998 e. The van der Waals surface area contributed by atoms with Gasteiger partial charge in [0.1, 0.15) is 0 Å². The van der Waals surface area contributed by atoms with Crippen molar-refractivity contribution < 1.29 is 0 Å². The molecule has 0 radical (unpaired) electrons. The molecule has 3 nitrogen and oxygen atoms in total. The van der Waals surface area contributed by atoms with Gasteiger partial charge in [0.25, 0.3) is 0 Å². The summed E-state index contributed by atoms with van der Waals surface area (Å²) < 4.78 is 7.17. The monoisotopic (exact) mass is 631 g/mol. The summed E-state index contributed by atoms with van der Waals surface area (Å²) in [5.74, 6) is 0. The summed E-state index contributed by atoms with van der Waals surface area (Å²) in [6.45, 7) is 6.13. The molecule has 0 amide bonds. The van der Waals surface area contributed by atoms with Gasteiger partial charge in [0.15, 0.2) is 0 Å². The minimum atomic E-state index is 0.655. The van der Waals surface area contributed by atoms with Gasteiger partial charge >= 0.3 is 0 Å². The Balaban J connectivity index is 1.34. The number of fused-ring (bicyclic) bond motifs is 8. The van der Waals surface area contributed by atoms with Crippen LogP contribution in [0.25, 0.3) is 81.5 Å². The summed E-state index contributed by atoms with van der Waals surface area (Å²) in [7, 11) is 0. The highest BCUT2D eigenvalue weighted by atomic mass is 32.1. The van der Waals surface area contributed by atoms with Gasteiger partial charge in [0, 0.05) is 48.6 Å². The molecule has 0 unspecified atom stereocenters. The van der Waals surface area contributed by atoms with Crippen molar-refractivity contribution in [2.45, 2.75) is 6.92 Å². The van der Waals surface area contributed by atoms with E-state index in [1.807, 2.05) is 35.6 Å². The quantitative estimate of drug-likeness (QED) is 0.174. The lowest BCUT2D eigenvalue weighted by atomic mass is 9.96. The third-order valence-corrected chi connectivity index (χ3v) is 10.7. The van der Waals surface area contributed by atoms with Crippen molar-refractivity contribution in [1.29, 1.82) is 5.26 Å². The minimum absolute atomic E-state index is 0.655. The summed E-state index contributed by atoms with van der Waals surface area (Å²) in [4.78, 5) is 0. The second-order valence-electron chi connectivity index (χ2n) is 12.1. The van der Waals surface area contributed by atoms with Crippen LogP contribution in [0.3, 0.4) is 0 Å². The first kappa shape index (κ1) is 28.1. The van der Waals surface area contributed by atoms with E-state index in [4.69, 9.17) is 0 Å². The van der Waals surface area contributed by atoms with E-state index >= 15 is 0 Å². The van der Waals surface area contributed by atoms with Crippen LogP contribution in [0.1, 0.15) is 16.8 Å². The number of aromatic nitrogens is 2. The first-order valence-corrected chi connectivity index (χ1v) is 16.9. The fraction of sp³-hybridized carbons (Fsp3) is 0.0227. The second-order valence-corrected chi connectivity index (χ2v) is 13.2. The van der Waals surface area contributed by atoms with Crippen molar-refractivity contribution in [3.8, 4) is 28.6 Å². The molecule has 3 heterocycles. The lowest BCUT2D eigenvalue weighted by Gasteiger charge is -2.15. The molecule has 0 fully saturated rings. The Morgan fingerprint density at radius 3 is 2.12 bits per heavy atom. The first-order valence-electron chi connectivity index (χ1n) is 16.0. The number of thiophene rings is 1. The second kappa shape index (κ2) is 11.0. The third kappa shape index (κ3) is 4.05. The average molecular weight is 632 g/mol. The lowest BCUT2D eigenvalue weighted by molar-refractivity contribution is 1.10. The normalized spacial score (nSPS) is 11.8. The Bertz CT molecular complexity index is 2760. The van der Waals surface area contributed by atoms with Crippen molar-refractivity contribution in [2.24, 2.45) is 0 Å². The predicted octanol–water partition coefficient (Wildman–Crippen LogP) is 12.1. The van der Waals surface area contributed by atoms with Crippen molar-refractivity contribution in [1.82, 2.24) is 9.13 Å². The van der Waals surface area contributed by atoms with Crippen LogP contribution in [-0.4, -0.2) is 9.13 Å². The van der Waals surface area contributed by atoms with Crippen LogP contribution in [0.2, 0.25) is 0 Å². The van der Waals surface area contributed by atoms with E-state index in [1.165, 1.54) is 47.4 Å². The number of aryl methyl sites for hydroxylation is 1. The average Bonchev–Trinajstić information content (AvgIpc) is 3.77. The zero-order valence-electron chi connectivity index (χ0n) is 26.3. The number of hydrogen-bond acceptors (Lipinski definition) is 2. The first-order chi connectivity index (χ1) is 23.7. The fourth-order valence-electron chi connectivity index (χ4n) is 7.44. The molecule has 9 rings (SSSR count). The standard InChI is InChI=1S/C44H29N3S/c1-3-4-18-37-28(2)32-23-24-35-36-26-29(22-25-41(36)48-44(35)43(32)46(37)31-14-6-5-7-15-31)42-30(27-45)13-12-21-40(42)47-38-19-10-8-16-33(38)34-17-9-11-20-39(34)47/h3-26H,1H2,2H3/b18-4-. The van der Waals surface area contributed by atoms with Crippen LogP contribution in [0.15, 0.2) is 146 Å². The molecule has 3 aromatic heterocycles. The SMILES string of the molecule is C=C/C=C\c1c(C)c2ccc3c4cc(-c5c(C#N)cccc5-n5c6ccccc6c6ccccc65)ccc4sc3c2n1-c1ccccc1. The van der Waals surface area contributed by atoms with Gasteiger partial charge in [-0.2, -0.15) is 5.26 Å². The van der Waals surface area contributed by atoms with E-state index in [2.05, 4.69) is 150 Å². The topological polar surface area (TPSA) is 33.6 Å². The van der Waals surface area contributed by atoms with Crippen LogP contribution in [0, 0.1) is 18.3 Å². The van der Waals surface area contributed by atoms with Crippen LogP contribution in [0.5, 0.6) is 0 Å². The van der Waals surface area contributed by atoms with Crippen molar-refractivity contribution in [3.05, 3.63) is 163 Å². The Morgan fingerprint density at radius 1 is 0.688 bits per heavy atom. The number of rotatable bonds is 5. The third-order valence-electron chi connectivity index (χ3n) is 9.54. The number of allylic oxidation sites excluding steroid dienone is 2. The molecule has 9 aromatic rings. The van der Waals surface area contributed by atoms with E-state index in [1.54, 1.807) is 0 Å². The molecule has 48 heavy (non-hydrogen) atoms. The highest BCUT2D eigenvalue weighted by Crippen LogP contribution is 2.45. The van der Waals surface area contributed by atoms with Crippen molar-refractivity contribution in [3.63, 3.8) is 0 Å². The Kier molecular flexibility index (Phi) is 6.43. The number of benzene rings is 6. The Hall–Kier alpha value is -6.15. The lowest BCUT2D eigenvalue weighted by Crippen LogP contribution is -1.99. The molecule has 0 N–H and O–H groups in total. The van der Waals surface area contributed by atoms with E-state index in [0.717, 1.165) is 39.2 Å². The molecule has 6 aromatic carbocycles. The van der Waals surface area contributed by atoms with Gasteiger partial charge in [-0.25, -0.2) is 0 Å². The van der Waals surface area contributed by atoms with E-state index in [-0.39, 0.29) is 0 Å². The highest BCUT2D eigenvalue weighted by molar-refractivity contribution is 7.26. The summed E-state index contributed by atoms with van der Waals surface area (Å²) >= 11 is 1.83. The maximum Gasteiger partial charge on any atom is 0.0998 e. The van der Waals surface area contributed by atoms with E-state index in [9.17, 15) is 5.26 Å². The molecule has 4 heteroatoms. The number of para-hydroxylation sites is 3. The maximum absolute atomic E-state index is 10.4. The van der Waals surface area contributed by atoms with Gasteiger partial charge < -0.3 is 9.13 Å². The Labute approximate surface area is 282 Å². The van der Waals surface area contributed by atoms with Gasteiger partial charge in [-0.15, -0.1) is 11.3 Å². The number of nitrogens with zero attached hydrogens (tertiary/aromatic N) is 3. The van der Waals surface area contributed by atoms with Crippen LogP contribution >= 0.6 is 11.3 Å². The summed E-state index contributed by atoms with van der Waals surface area (Å²) in [5.41, 5.74) is 10.6. The minimum Gasteiger partial charge on any atom is -0.309 e. The zero-order chi connectivity index (χ0) is 32.4. The van der Waals surface area contributed by atoms with Crippen LogP contribution in [0.4, 0.5) is 0 Å². The molecule has 0 spiro atoms.